The van der Waals surface area contributed by atoms with Gasteiger partial charge in [-0.05, 0) is 24.3 Å². The largest absolute Gasteiger partial charge is 0.206 e. The van der Waals surface area contributed by atoms with Crippen molar-refractivity contribution in [3.05, 3.63) is 42.2 Å². The predicted molar refractivity (Wildman–Crippen MR) is 66.5 cm³/mol. The standard InChI is InChI=1S/C12H7FS2/c13-7-3-1-5-9-11(7)12-8(14)4-2-6-10(12)15-9/h1-6,14H. The Morgan fingerprint density at radius 1 is 0.933 bits per heavy atom. The van der Waals surface area contributed by atoms with Crippen LogP contribution in [0, 0.1) is 5.82 Å². The van der Waals surface area contributed by atoms with Crippen molar-refractivity contribution < 1.29 is 4.39 Å². The molecule has 0 aliphatic rings. The van der Waals surface area contributed by atoms with E-state index in [1.807, 2.05) is 24.3 Å². The van der Waals surface area contributed by atoms with Crippen LogP contribution in [0.15, 0.2) is 41.3 Å². The van der Waals surface area contributed by atoms with E-state index in [9.17, 15) is 4.39 Å². The van der Waals surface area contributed by atoms with E-state index in [2.05, 4.69) is 12.6 Å². The normalized spacial score (nSPS) is 11.3. The molecular weight excluding hydrogens is 227 g/mol. The van der Waals surface area contributed by atoms with Gasteiger partial charge in [-0.2, -0.15) is 0 Å². The Hall–Kier alpha value is -1.06. The van der Waals surface area contributed by atoms with Crippen molar-refractivity contribution in [1.82, 2.24) is 0 Å². The molecule has 0 N–H and O–H groups in total. The smallest absolute Gasteiger partial charge is 0.132 e. The number of thiophene rings is 1. The fourth-order valence-electron chi connectivity index (χ4n) is 1.81. The van der Waals surface area contributed by atoms with Crippen molar-refractivity contribution >= 4 is 44.1 Å². The molecule has 3 rings (SSSR count). The summed E-state index contributed by atoms with van der Waals surface area (Å²) in [5, 5.41) is 1.63. The molecule has 15 heavy (non-hydrogen) atoms. The lowest BCUT2D eigenvalue weighted by Gasteiger charge is -1.96. The fraction of sp³-hybridized carbons (Fsp3) is 0. The van der Waals surface area contributed by atoms with E-state index in [1.165, 1.54) is 6.07 Å². The van der Waals surface area contributed by atoms with Crippen LogP contribution in [-0.2, 0) is 0 Å². The van der Waals surface area contributed by atoms with Crippen LogP contribution in [-0.4, -0.2) is 0 Å². The third-order valence-electron chi connectivity index (χ3n) is 2.45. The molecule has 74 valence electrons. The van der Waals surface area contributed by atoms with Crippen LogP contribution in [0.2, 0.25) is 0 Å². The van der Waals surface area contributed by atoms with Crippen molar-refractivity contribution in [3.8, 4) is 0 Å². The molecule has 0 fully saturated rings. The first-order valence-corrected chi connectivity index (χ1v) is 5.82. The molecule has 0 saturated carbocycles. The minimum Gasteiger partial charge on any atom is -0.206 e. The van der Waals surface area contributed by atoms with Gasteiger partial charge in [0, 0.05) is 25.1 Å². The maximum absolute atomic E-state index is 13.7. The minimum atomic E-state index is -0.166. The van der Waals surface area contributed by atoms with Gasteiger partial charge in [0.2, 0.25) is 0 Å². The lowest BCUT2D eigenvalue weighted by molar-refractivity contribution is 0.641. The quantitative estimate of drug-likeness (QED) is 0.545. The molecular formula is C12H7FS2. The molecule has 0 unspecified atom stereocenters. The Kier molecular flexibility index (Phi) is 1.97. The van der Waals surface area contributed by atoms with Crippen molar-refractivity contribution in [2.75, 3.05) is 0 Å². The van der Waals surface area contributed by atoms with Crippen molar-refractivity contribution in [2.45, 2.75) is 4.90 Å². The highest BCUT2D eigenvalue weighted by atomic mass is 32.1. The Morgan fingerprint density at radius 3 is 2.40 bits per heavy atom. The van der Waals surface area contributed by atoms with Crippen LogP contribution < -0.4 is 0 Å². The number of hydrogen-bond donors (Lipinski definition) is 1. The first kappa shape index (κ1) is 9.19. The van der Waals surface area contributed by atoms with E-state index in [0.29, 0.717) is 5.39 Å². The third kappa shape index (κ3) is 1.27. The monoisotopic (exact) mass is 234 g/mol. The summed E-state index contributed by atoms with van der Waals surface area (Å²) in [7, 11) is 0. The molecule has 0 radical (unpaired) electrons. The number of fused-ring (bicyclic) bond motifs is 3. The maximum Gasteiger partial charge on any atom is 0.132 e. The minimum absolute atomic E-state index is 0.166. The first-order valence-electron chi connectivity index (χ1n) is 4.56. The Balaban J connectivity index is 2.67. The van der Waals surface area contributed by atoms with Crippen molar-refractivity contribution in [1.29, 1.82) is 0 Å². The van der Waals surface area contributed by atoms with Gasteiger partial charge in [0.1, 0.15) is 5.82 Å². The third-order valence-corrected chi connectivity index (χ3v) is 3.94. The van der Waals surface area contributed by atoms with Gasteiger partial charge in [0.05, 0.1) is 0 Å². The number of rotatable bonds is 0. The maximum atomic E-state index is 13.7. The summed E-state index contributed by atoms with van der Waals surface area (Å²) >= 11 is 5.98. The summed E-state index contributed by atoms with van der Waals surface area (Å²) < 4.78 is 15.8. The summed E-state index contributed by atoms with van der Waals surface area (Å²) in [6.45, 7) is 0. The molecule has 0 spiro atoms. The van der Waals surface area contributed by atoms with Gasteiger partial charge >= 0.3 is 0 Å². The molecule has 3 heteroatoms. The molecule has 1 aromatic heterocycles. The SMILES string of the molecule is Fc1cccc2sc3cccc(S)c3c12. The second kappa shape index (κ2) is 3.22. The van der Waals surface area contributed by atoms with Gasteiger partial charge in [0.25, 0.3) is 0 Å². The van der Waals surface area contributed by atoms with E-state index < -0.39 is 0 Å². The summed E-state index contributed by atoms with van der Waals surface area (Å²) in [6.07, 6.45) is 0. The number of benzene rings is 2. The van der Waals surface area contributed by atoms with Gasteiger partial charge in [-0.3, -0.25) is 0 Å². The number of hydrogen-bond acceptors (Lipinski definition) is 2. The van der Waals surface area contributed by atoms with E-state index in [0.717, 1.165) is 19.7 Å². The van der Waals surface area contributed by atoms with Gasteiger partial charge in [-0.25, -0.2) is 4.39 Å². The zero-order chi connectivity index (χ0) is 10.4. The number of thiol groups is 1. The average Bonchev–Trinajstić information content (AvgIpc) is 2.58. The van der Waals surface area contributed by atoms with Gasteiger partial charge in [-0.15, -0.1) is 24.0 Å². The van der Waals surface area contributed by atoms with Crippen LogP contribution in [0.1, 0.15) is 0 Å². The highest BCUT2D eigenvalue weighted by Crippen LogP contribution is 2.38. The molecule has 0 amide bonds. The predicted octanol–water partition coefficient (Wildman–Crippen LogP) is 4.48. The van der Waals surface area contributed by atoms with Gasteiger partial charge < -0.3 is 0 Å². The van der Waals surface area contributed by atoms with Crippen LogP contribution in [0.4, 0.5) is 4.39 Å². The highest BCUT2D eigenvalue weighted by Gasteiger charge is 2.10. The summed E-state index contributed by atoms with van der Waals surface area (Å²) in [5.41, 5.74) is 0. The summed E-state index contributed by atoms with van der Waals surface area (Å²) in [6, 6.07) is 11.0. The molecule has 0 aliphatic heterocycles. The van der Waals surface area contributed by atoms with Crippen molar-refractivity contribution in [3.63, 3.8) is 0 Å². The molecule has 0 bridgehead atoms. The molecule has 0 atom stereocenters. The molecule has 2 aromatic carbocycles. The topological polar surface area (TPSA) is 0 Å². The van der Waals surface area contributed by atoms with E-state index >= 15 is 0 Å². The fourth-order valence-corrected chi connectivity index (χ4v) is 3.35. The number of halogens is 1. The van der Waals surface area contributed by atoms with Gasteiger partial charge in [0.15, 0.2) is 0 Å². The van der Waals surface area contributed by atoms with Crippen molar-refractivity contribution in [2.24, 2.45) is 0 Å². The Morgan fingerprint density at radius 2 is 1.60 bits per heavy atom. The Labute approximate surface area is 95.8 Å². The van der Waals surface area contributed by atoms with E-state index in [-0.39, 0.29) is 5.82 Å². The van der Waals surface area contributed by atoms with Crippen LogP contribution in [0.3, 0.4) is 0 Å². The zero-order valence-corrected chi connectivity index (χ0v) is 9.41. The first-order chi connectivity index (χ1) is 7.27. The lowest BCUT2D eigenvalue weighted by Crippen LogP contribution is -1.75. The second-order valence-corrected chi connectivity index (χ2v) is 4.93. The second-order valence-electron chi connectivity index (χ2n) is 3.37. The van der Waals surface area contributed by atoms with Crippen LogP contribution in [0.5, 0.6) is 0 Å². The van der Waals surface area contributed by atoms with Gasteiger partial charge in [-0.1, -0.05) is 12.1 Å². The molecule has 0 saturated heterocycles. The molecule has 3 aromatic rings. The van der Waals surface area contributed by atoms with Crippen LogP contribution in [0.25, 0.3) is 20.2 Å². The average molecular weight is 234 g/mol. The zero-order valence-electron chi connectivity index (χ0n) is 7.70. The highest BCUT2D eigenvalue weighted by molar-refractivity contribution is 7.80. The molecule has 1 heterocycles. The Bertz CT molecular complexity index is 599. The van der Waals surface area contributed by atoms with E-state index in [4.69, 9.17) is 0 Å². The molecule has 0 aliphatic carbocycles. The van der Waals surface area contributed by atoms with Crippen LogP contribution >= 0.6 is 24.0 Å². The lowest BCUT2D eigenvalue weighted by atomic mass is 10.1. The summed E-state index contributed by atoms with van der Waals surface area (Å²) in [5.74, 6) is -0.166. The molecule has 0 nitrogen and oxygen atoms in total. The summed E-state index contributed by atoms with van der Waals surface area (Å²) in [4.78, 5) is 0.837. The van der Waals surface area contributed by atoms with E-state index in [1.54, 1.807) is 17.4 Å².